The van der Waals surface area contributed by atoms with Gasteiger partial charge in [0.2, 0.25) is 10.0 Å². The van der Waals surface area contributed by atoms with Gasteiger partial charge in [0.05, 0.1) is 11.1 Å². The van der Waals surface area contributed by atoms with E-state index in [1.807, 2.05) is 0 Å². The number of sulfonamides is 1. The van der Waals surface area contributed by atoms with Crippen LogP contribution in [0.4, 0.5) is 4.39 Å². The molecule has 6 nitrogen and oxygen atoms in total. The maximum absolute atomic E-state index is 12.7. The van der Waals surface area contributed by atoms with Crippen LogP contribution in [0.5, 0.6) is 0 Å². The SMILES string of the molecule is NS(=O)(=O)c1ccc(CNC(=O)c2ccc(F)cn2)cc1. The molecule has 3 N–H and O–H groups in total. The fourth-order valence-corrected chi connectivity index (χ4v) is 2.10. The van der Waals surface area contributed by atoms with E-state index in [1.54, 1.807) is 0 Å². The molecule has 0 spiro atoms. The van der Waals surface area contributed by atoms with Crippen LogP contribution < -0.4 is 10.5 Å². The standard InChI is InChI=1S/C13H12FN3O3S/c14-10-3-6-12(16-8-10)13(18)17-7-9-1-4-11(5-2-9)21(15,19)20/h1-6,8H,7H2,(H,17,18)(H2,15,19,20). The molecule has 8 heteroatoms. The Bertz CT molecular complexity index is 743. The van der Waals surface area contributed by atoms with Crippen LogP contribution in [0.1, 0.15) is 16.1 Å². The van der Waals surface area contributed by atoms with E-state index in [0.717, 1.165) is 12.3 Å². The summed E-state index contributed by atoms with van der Waals surface area (Å²) in [6.07, 6.45) is 0.954. The molecule has 1 aromatic carbocycles. The lowest BCUT2D eigenvalue weighted by atomic mass is 10.2. The third-order valence-electron chi connectivity index (χ3n) is 2.66. The first-order valence-electron chi connectivity index (χ1n) is 5.88. The largest absolute Gasteiger partial charge is 0.347 e. The molecule has 110 valence electrons. The summed E-state index contributed by atoms with van der Waals surface area (Å²) in [6.45, 7) is 0.183. The van der Waals surface area contributed by atoms with E-state index in [9.17, 15) is 17.6 Å². The highest BCUT2D eigenvalue weighted by molar-refractivity contribution is 7.89. The van der Waals surface area contributed by atoms with Gasteiger partial charge in [-0.3, -0.25) is 4.79 Å². The van der Waals surface area contributed by atoms with Gasteiger partial charge in [0, 0.05) is 6.54 Å². The molecule has 0 radical (unpaired) electrons. The maximum Gasteiger partial charge on any atom is 0.270 e. The lowest BCUT2D eigenvalue weighted by Crippen LogP contribution is -2.23. The molecule has 0 unspecified atom stereocenters. The number of halogens is 1. The van der Waals surface area contributed by atoms with Crippen LogP contribution in [0.15, 0.2) is 47.5 Å². The van der Waals surface area contributed by atoms with Gasteiger partial charge in [-0.2, -0.15) is 0 Å². The zero-order chi connectivity index (χ0) is 15.5. The van der Waals surface area contributed by atoms with Crippen molar-refractivity contribution in [3.05, 3.63) is 59.7 Å². The third kappa shape index (κ3) is 4.07. The average Bonchev–Trinajstić information content (AvgIpc) is 2.45. The Morgan fingerprint density at radius 3 is 2.38 bits per heavy atom. The van der Waals surface area contributed by atoms with Crippen LogP contribution in [0.3, 0.4) is 0 Å². The van der Waals surface area contributed by atoms with Crippen LogP contribution in [0.25, 0.3) is 0 Å². The van der Waals surface area contributed by atoms with Crippen molar-refractivity contribution in [2.75, 3.05) is 0 Å². The quantitative estimate of drug-likeness (QED) is 0.872. The van der Waals surface area contributed by atoms with E-state index in [0.29, 0.717) is 5.56 Å². The van der Waals surface area contributed by atoms with Crippen LogP contribution in [0, 0.1) is 5.82 Å². The zero-order valence-corrected chi connectivity index (χ0v) is 11.6. The van der Waals surface area contributed by atoms with E-state index in [4.69, 9.17) is 5.14 Å². The van der Waals surface area contributed by atoms with Gasteiger partial charge in [-0.1, -0.05) is 12.1 Å². The van der Waals surface area contributed by atoms with Crippen molar-refractivity contribution in [1.82, 2.24) is 10.3 Å². The number of nitrogens with two attached hydrogens (primary N) is 1. The van der Waals surface area contributed by atoms with Crippen LogP contribution >= 0.6 is 0 Å². The lowest BCUT2D eigenvalue weighted by Gasteiger charge is -2.05. The molecule has 0 aliphatic heterocycles. The van der Waals surface area contributed by atoms with Gasteiger partial charge in [0.15, 0.2) is 0 Å². The second-order valence-electron chi connectivity index (χ2n) is 4.23. The first-order valence-corrected chi connectivity index (χ1v) is 7.42. The molecular weight excluding hydrogens is 297 g/mol. The van der Waals surface area contributed by atoms with Crippen molar-refractivity contribution in [3.63, 3.8) is 0 Å². The molecule has 0 aliphatic rings. The Balaban J connectivity index is 2.00. The third-order valence-corrected chi connectivity index (χ3v) is 3.59. The number of hydrogen-bond donors (Lipinski definition) is 2. The van der Waals surface area contributed by atoms with Crippen molar-refractivity contribution < 1.29 is 17.6 Å². The average molecular weight is 309 g/mol. The molecule has 0 aliphatic carbocycles. The second kappa shape index (κ2) is 5.98. The fourth-order valence-electron chi connectivity index (χ4n) is 1.58. The number of carbonyl (C=O) groups is 1. The number of benzene rings is 1. The van der Waals surface area contributed by atoms with Crippen molar-refractivity contribution >= 4 is 15.9 Å². The molecule has 1 amide bonds. The Morgan fingerprint density at radius 1 is 1.19 bits per heavy atom. The monoisotopic (exact) mass is 309 g/mol. The van der Waals surface area contributed by atoms with E-state index in [-0.39, 0.29) is 17.1 Å². The van der Waals surface area contributed by atoms with Crippen LogP contribution in [0.2, 0.25) is 0 Å². The summed E-state index contributed by atoms with van der Waals surface area (Å²) in [4.78, 5) is 15.4. The molecule has 1 aromatic heterocycles. The number of amides is 1. The number of rotatable bonds is 4. The molecule has 2 aromatic rings. The number of nitrogens with one attached hydrogen (secondary N) is 1. The topological polar surface area (TPSA) is 102 Å². The van der Waals surface area contributed by atoms with Crippen LogP contribution in [-0.4, -0.2) is 19.3 Å². The summed E-state index contributed by atoms with van der Waals surface area (Å²) in [5.41, 5.74) is 0.787. The second-order valence-corrected chi connectivity index (χ2v) is 5.79. The van der Waals surface area contributed by atoms with E-state index < -0.39 is 21.7 Å². The van der Waals surface area contributed by atoms with Crippen molar-refractivity contribution in [2.45, 2.75) is 11.4 Å². The van der Waals surface area contributed by atoms with Gasteiger partial charge in [-0.15, -0.1) is 0 Å². The number of nitrogens with zero attached hydrogens (tertiary/aromatic N) is 1. The van der Waals surface area contributed by atoms with Gasteiger partial charge in [-0.05, 0) is 29.8 Å². The Labute approximate surface area is 120 Å². The van der Waals surface area contributed by atoms with Gasteiger partial charge in [0.1, 0.15) is 11.5 Å². The number of pyridine rings is 1. The minimum Gasteiger partial charge on any atom is -0.347 e. The molecule has 0 bridgehead atoms. The molecule has 2 rings (SSSR count). The summed E-state index contributed by atoms with van der Waals surface area (Å²) in [5, 5.41) is 7.57. The van der Waals surface area contributed by atoms with Crippen LogP contribution in [-0.2, 0) is 16.6 Å². The summed E-state index contributed by atoms with van der Waals surface area (Å²) < 4.78 is 34.9. The molecule has 1 heterocycles. The lowest BCUT2D eigenvalue weighted by molar-refractivity contribution is 0.0946. The van der Waals surface area contributed by atoms with Crippen molar-refractivity contribution in [3.8, 4) is 0 Å². The predicted octanol–water partition coefficient (Wildman–Crippen LogP) is 0.798. The first kappa shape index (κ1) is 15.1. The van der Waals surface area contributed by atoms with E-state index in [2.05, 4.69) is 10.3 Å². The molecule has 21 heavy (non-hydrogen) atoms. The Hall–Kier alpha value is -2.32. The highest BCUT2D eigenvalue weighted by Crippen LogP contribution is 2.08. The first-order chi connectivity index (χ1) is 9.86. The number of hydrogen-bond acceptors (Lipinski definition) is 4. The predicted molar refractivity (Wildman–Crippen MR) is 73.2 cm³/mol. The highest BCUT2D eigenvalue weighted by atomic mass is 32.2. The van der Waals surface area contributed by atoms with Gasteiger partial charge in [-0.25, -0.2) is 22.9 Å². The minimum atomic E-state index is -3.73. The van der Waals surface area contributed by atoms with Gasteiger partial charge < -0.3 is 5.32 Å². The smallest absolute Gasteiger partial charge is 0.270 e. The summed E-state index contributed by atoms with van der Waals surface area (Å²) >= 11 is 0. The molecule has 0 saturated heterocycles. The summed E-state index contributed by atoms with van der Waals surface area (Å²) in [5.74, 6) is -0.976. The molecule has 0 atom stereocenters. The number of carbonyl (C=O) groups excluding carboxylic acids is 1. The zero-order valence-electron chi connectivity index (χ0n) is 10.8. The van der Waals surface area contributed by atoms with Gasteiger partial charge in [0.25, 0.3) is 5.91 Å². The van der Waals surface area contributed by atoms with Gasteiger partial charge >= 0.3 is 0 Å². The fraction of sp³-hybridized carbons (Fsp3) is 0.0769. The maximum atomic E-state index is 12.7. The van der Waals surface area contributed by atoms with E-state index in [1.165, 1.54) is 30.3 Å². The number of aromatic nitrogens is 1. The summed E-state index contributed by atoms with van der Waals surface area (Å²) in [6, 6.07) is 8.20. The molecule has 0 saturated carbocycles. The Morgan fingerprint density at radius 2 is 1.86 bits per heavy atom. The Kier molecular flexibility index (Phi) is 4.29. The molecule has 0 fully saturated rings. The highest BCUT2D eigenvalue weighted by Gasteiger charge is 2.09. The molecular formula is C13H12FN3O3S. The normalized spacial score (nSPS) is 11.1. The van der Waals surface area contributed by atoms with Crippen molar-refractivity contribution in [2.24, 2.45) is 5.14 Å². The number of primary sulfonamides is 1. The van der Waals surface area contributed by atoms with E-state index >= 15 is 0 Å². The minimum absolute atomic E-state index is 0.00206. The summed E-state index contributed by atoms with van der Waals surface area (Å²) in [7, 11) is -3.73. The van der Waals surface area contributed by atoms with Crippen molar-refractivity contribution in [1.29, 1.82) is 0 Å².